The second-order valence-corrected chi connectivity index (χ2v) is 15.1. The minimum absolute atomic E-state index is 0.0841. The fourth-order valence-corrected chi connectivity index (χ4v) is 6.47. The molecule has 0 spiro atoms. The molecule has 0 aliphatic rings. The summed E-state index contributed by atoms with van der Waals surface area (Å²) in [5, 5.41) is 23.0. The van der Waals surface area contributed by atoms with E-state index in [0.29, 0.717) is 6.42 Å². The third-order valence-corrected chi connectivity index (χ3v) is 9.95. The average molecular weight is 726 g/mol. The van der Waals surface area contributed by atoms with Crippen molar-refractivity contribution in [1.29, 1.82) is 0 Å². The smallest absolute Gasteiger partial charge is 0.220 e. The van der Waals surface area contributed by atoms with Crippen LogP contribution in [0.25, 0.3) is 0 Å². The van der Waals surface area contributed by atoms with Gasteiger partial charge >= 0.3 is 0 Å². The predicted molar refractivity (Wildman–Crippen MR) is 230 cm³/mol. The van der Waals surface area contributed by atoms with Gasteiger partial charge in [0.05, 0.1) is 18.8 Å². The first kappa shape index (κ1) is 50.1. The molecule has 0 aromatic carbocycles. The number of carbonyl (C=O) groups is 1. The highest BCUT2D eigenvalue weighted by molar-refractivity contribution is 5.76. The molecule has 4 nitrogen and oxygen atoms in total. The lowest BCUT2D eigenvalue weighted by atomic mass is 10.1. The third kappa shape index (κ3) is 39.3. The van der Waals surface area contributed by atoms with E-state index < -0.39 is 12.1 Å². The molecule has 0 radical (unpaired) electrons. The van der Waals surface area contributed by atoms with Crippen LogP contribution in [0.15, 0.2) is 60.8 Å². The monoisotopic (exact) mass is 726 g/mol. The summed E-state index contributed by atoms with van der Waals surface area (Å²) in [6.07, 6.45) is 60.5. The highest BCUT2D eigenvalue weighted by Crippen LogP contribution is 2.13. The summed E-state index contributed by atoms with van der Waals surface area (Å²) in [5.41, 5.74) is 0. The van der Waals surface area contributed by atoms with Crippen molar-refractivity contribution in [2.24, 2.45) is 0 Å². The van der Waals surface area contributed by atoms with Crippen LogP contribution in [0.5, 0.6) is 0 Å². The van der Waals surface area contributed by atoms with Crippen LogP contribution in [0, 0.1) is 0 Å². The van der Waals surface area contributed by atoms with Gasteiger partial charge in [0.25, 0.3) is 0 Å². The Morgan fingerprint density at radius 2 is 0.808 bits per heavy atom. The van der Waals surface area contributed by atoms with E-state index in [9.17, 15) is 15.0 Å². The van der Waals surface area contributed by atoms with E-state index in [4.69, 9.17) is 0 Å². The zero-order chi connectivity index (χ0) is 37.8. The van der Waals surface area contributed by atoms with E-state index in [0.717, 1.165) is 44.9 Å². The fraction of sp³-hybridized carbons (Fsp3) is 0.771. The first-order valence-electron chi connectivity index (χ1n) is 22.5. The highest BCUT2D eigenvalue weighted by atomic mass is 16.3. The molecule has 0 saturated heterocycles. The van der Waals surface area contributed by atoms with Crippen molar-refractivity contribution < 1.29 is 15.0 Å². The number of aliphatic hydroxyl groups excluding tert-OH is 2. The van der Waals surface area contributed by atoms with Crippen molar-refractivity contribution in [3.05, 3.63) is 60.8 Å². The van der Waals surface area contributed by atoms with Crippen molar-refractivity contribution >= 4 is 5.91 Å². The maximum atomic E-state index is 12.4. The van der Waals surface area contributed by atoms with Crippen LogP contribution in [0.1, 0.15) is 219 Å². The number of rotatable bonds is 40. The maximum Gasteiger partial charge on any atom is 0.220 e. The van der Waals surface area contributed by atoms with Crippen molar-refractivity contribution in [2.45, 2.75) is 231 Å². The van der Waals surface area contributed by atoms with Gasteiger partial charge in [-0.25, -0.2) is 0 Å². The van der Waals surface area contributed by atoms with Gasteiger partial charge in [-0.2, -0.15) is 0 Å². The van der Waals surface area contributed by atoms with Crippen LogP contribution in [-0.2, 0) is 4.79 Å². The normalized spacial score (nSPS) is 13.5. The maximum absolute atomic E-state index is 12.4. The Kier molecular flexibility index (Phi) is 41.9. The SMILES string of the molecule is CCCCCCC/C=C/CC/C=C/CC/C=C/C(O)C(CO)NC(=O)CCCCCCCCCCC/C=C\C/C=C\CCCCCCCCCCC. The summed E-state index contributed by atoms with van der Waals surface area (Å²) in [6, 6.07) is -0.649. The Bertz CT molecular complexity index is 873. The van der Waals surface area contributed by atoms with Gasteiger partial charge in [-0.3, -0.25) is 4.79 Å². The first-order chi connectivity index (χ1) is 25.7. The summed E-state index contributed by atoms with van der Waals surface area (Å²) < 4.78 is 0. The minimum atomic E-state index is -0.873. The van der Waals surface area contributed by atoms with Crippen LogP contribution in [0.4, 0.5) is 0 Å². The minimum Gasteiger partial charge on any atom is -0.394 e. The number of hydrogen-bond donors (Lipinski definition) is 3. The molecule has 3 N–H and O–H groups in total. The molecule has 1 amide bonds. The number of aliphatic hydroxyl groups is 2. The van der Waals surface area contributed by atoms with Gasteiger partial charge in [0, 0.05) is 6.42 Å². The number of amides is 1. The number of hydrogen-bond acceptors (Lipinski definition) is 3. The van der Waals surface area contributed by atoms with E-state index in [1.165, 1.54) is 154 Å². The number of allylic oxidation sites excluding steroid dienone is 9. The lowest BCUT2D eigenvalue weighted by molar-refractivity contribution is -0.123. The Morgan fingerprint density at radius 1 is 0.462 bits per heavy atom. The second kappa shape index (κ2) is 43.5. The Labute approximate surface area is 324 Å². The van der Waals surface area contributed by atoms with E-state index in [1.54, 1.807) is 6.08 Å². The van der Waals surface area contributed by atoms with Crippen LogP contribution in [0.3, 0.4) is 0 Å². The van der Waals surface area contributed by atoms with Crippen LogP contribution >= 0.6 is 0 Å². The van der Waals surface area contributed by atoms with E-state index in [-0.39, 0.29) is 12.5 Å². The summed E-state index contributed by atoms with van der Waals surface area (Å²) in [5.74, 6) is -0.0841. The summed E-state index contributed by atoms with van der Waals surface area (Å²) >= 11 is 0. The largest absolute Gasteiger partial charge is 0.394 e. The second-order valence-electron chi connectivity index (χ2n) is 15.1. The summed E-state index contributed by atoms with van der Waals surface area (Å²) in [7, 11) is 0. The van der Waals surface area contributed by atoms with Crippen LogP contribution < -0.4 is 5.32 Å². The average Bonchev–Trinajstić information content (AvgIpc) is 3.15. The zero-order valence-electron chi connectivity index (χ0n) is 34.6. The lowest BCUT2D eigenvalue weighted by Crippen LogP contribution is -2.45. The molecule has 0 rings (SSSR count). The Morgan fingerprint density at radius 3 is 1.23 bits per heavy atom. The lowest BCUT2D eigenvalue weighted by Gasteiger charge is -2.19. The van der Waals surface area contributed by atoms with Crippen molar-refractivity contribution in [3.63, 3.8) is 0 Å². The third-order valence-electron chi connectivity index (χ3n) is 9.95. The molecule has 4 heteroatoms. The summed E-state index contributed by atoms with van der Waals surface area (Å²) in [6.45, 7) is 4.27. The molecular formula is C48H87NO3. The molecular weight excluding hydrogens is 639 g/mol. The topological polar surface area (TPSA) is 69.6 Å². The number of carbonyl (C=O) groups excluding carboxylic acids is 1. The van der Waals surface area contributed by atoms with Gasteiger partial charge in [-0.15, -0.1) is 0 Å². The van der Waals surface area contributed by atoms with Gasteiger partial charge in [0.15, 0.2) is 0 Å². The molecule has 0 fully saturated rings. The fourth-order valence-electron chi connectivity index (χ4n) is 6.47. The van der Waals surface area contributed by atoms with Crippen molar-refractivity contribution in [3.8, 4) is 0 Å². The Hall–Kier alpha value is -1.91. The van der Waals surface area contributed by atoms with E-state index in [1.807, 2.05) is 6.08 Å². The van der Waals surface area contributed by atoms with Gasteiger partial charge in [0.1, 0.15) is 0 Å². The molecule has 302 valence electrons. The number of unbranched alkanes of at least 4 members (excludes halogenated alkanes) is 25. The van der Waals surface area contributed by atoms with Gasteiger partial charge in [-0.1, -0.05) is 197 Å². The molecule has 0 bridgehead atoms. The molecule has 0 saturated carbocycles. The molecule has 52 heavy (non-hydrogen) atoms. The van der Waals surface area contributed by atoms with Crippen LogP contribution in [0.2, 0.25) is 0 Å². The quantitative estimate of drug-likeness (QED) is 0.0435. The standard InChI is InChI=1S/C48H87NO3/c1-3-5-7-9-11-13-15-17-19-20-21-22-23-24-25-26-27-28-30-32-34-36-38-40-42-44-48(52)49-46(45-50)47(51)43-41-39-37-35-33-31-29-18-16-14-12-10-8-6-4-2/h16,18,21-22,24-25,33,35,41,43,46-47,50-51H,3-15,17,19-20,23,26-32,34,36-40,42,44-45H2,1-2H3,(H,49,52)/b18-16+,22-21-,25-24-,35-33+,43-41+. The molecule has 0 heterocycles. The van der Waals surface area contributed by atoms with Gasteiger partial charge < -0.3 is 15.5 Å². The predicted octanol–water partition coefficient (Wildman–Crippen LogP) is 14.1. The molecule has 0 aliphatic carbocycles. The Balaban J connectivity index is 3.62. The zero-order valence-corrected chi connectivity index (χ0v) is 34.6. The van der Waals surface area contributed by atoms with Gasteiger partial charge in [-0.05, 0) is 77.0 Å². The van der Waals surface area contributed by atoms with Crippen LogP contribution in [-0.4, -0.2) is 34.9 Å². The van der Waals surface area contributed by atoms with Gasteiger partial charge in [0.2, 0.25) is 5.91 Å². The molecule has 0 aromatic heterocycles. The van der Waals surface area contributed by atoms with E-state index >= 15 is 0 Å². The first-order valence-corrected chi connectivity index (χ1v) is 22.5. The van der Waals surface area contributed by atoms with Crippen molar-refractivity contribution in [2.75, 3.05) is 6.61 Å². The molecule has 0 aromatic rings. The van der Waals surface area contributed by atoms with E-state index in [2.05, 4.69) is 67.8 Å². The molecule has 2 atom stereocenters. The molecule has 0 aliphatic heterocycles. The summed E-state index contributed by atoms with van der Waals surface area (Å²) in [4.78, 5) is 12.4. The highest BCUT2D eigenvalue weighted by Gasteiger charge is 2.17. The van der Waals surface area contributed by atoms with Crippen molar-refractivity contribution in [1.82, 2.24) is 5.32 Å². The number of nitrogens with one attached hydrogen (secondary N) is 1. The molecule has 2 unspecified atom stereocenters.